The van der Waals surface area contributed by atoms with Crippen molar-refractivity contribution < 1.29 is 19.2 Å². The van der Waals surface area contributed by atoms with Crippen LogP contribution in [0.25, 0.3) is 0 Å². The van der Waals surface area contributed by atoms with Crippen molar-refractivity contribution >= 4 is 52.1 Å². The zero-order valence-corrected chi connectivity index (χ0v) is 20.2. The zero-order valence-electron chi connectivity index (χ0n) is 18.7. The highest BCUT2D eigenvalue weighted by Gasteiger charge is 2.14. The molecule has 0 unspecified atom stereocenters. The van der Waals surface area contributed by atoms with Crippen LogP contribution in [0.4, 0.5) is 11.4 Å². The largest absolute Gasteiger partial charge is 0.482 e. The van der Waals surface area contributed by atoms with Crippen molar-refractivity contribution in [3.05, 3.63) is 97.5 Å². The first-order chi connectivity index (χ1) is 16.6. The topological polar surface area (TPSA) is 123 Å². The molecule has 35 heavy (non-hydrogen) atoms. The van der Waals surface area contributed by atoms with Gasteiger partial charge in [0.05, 0.1) is 15.7 Å². The summed E-state index contributed by atoms with van der Waals surface area (Å²) in [5.41, 5.74) is 4.62. The van der Waals surface area contributed by atoms with Gasteiger partial charge in [-0.05, 0) is 61.9 Å². The van der Waals surface area contributed by atoms with Gasteiger partial charge in [-0.2, -0.15) is 5.10 Å². The molecule has 0 aliphatic heterocycles. The lowest BCUT2D eigenvalue weighted by molar-refractivity contribution is -0.385. The molecular weight excluding hydrogens is 495 g/mol. The molecular formula is C24H20Cl2N4O5. The van der Waals surface area contributed by atoms with E-state index < -0.39 is 16.7 Å². The number of aryl methyl sites for hydroxylation is 1. The number of nitro groups is 1. The second-order valence-electron chi connectivity index (χ2n) is 7.39. The first-order valence-corrected chi connectivity index (χ1v) is 11.0. The van der Waals surface area contributed by atoms with Gasteiger partial charge in [0.25, 0.3) is 17.5 Å². The van der Waals surface area contributed by atoms with Crippen molar-refractivity contribution in [3.63, 3.8) is 0 Å². The molecule has 2 amide bonds. The summed E-state index contributed by atoms with van der Waals surface area (Å²) in [6.07, 6.45) is 0. The fourth-order valence-electron chi connectivity index (χ4n) is 3.02. The van der Waals surface area contributed by atoms with Crippen LogP contribution in [0.2, 0.25) is 10.0 Å². The van der Waals surface area contributed by atoms with Crippen LogP contribution in [-0.2, 0) is 4.79 Å². The summed E-state index contributed by atoms with van der Waals surface area (Å²) < 4.78 is 5.43. The predicted molar refractivity (Wildman–Crippen MR) is 135 cm³/mol. The van der Waals surface area contributed by atoms with E-state index in [1.807, 2.05) is 0 Å². The van der Waals surface area contributed by atoms with Crippen molar-refractivity contribution in [1.29, 1.82) is 0 Å². The van der Waals surface area contributed by atoms with E-state index >= 15 is 0 Å². The highest BCUT2D eigenvalue weighted by molar-refractivity contribution is 6.35. The van der Waals surface area contributed by atoms with Crippen LogP contribution in [0, 0.1) is 17.0 Å². The van der Waals surface area contributed by atoms with Crippen molar-refractivity contribution in [2.45, 2.75) is 13.8 Å². The average Bonchev–Trinajstić information content (AvgIpc) is 2.81. The maximum absolute atomic E-state index is 12.4. The molecule has 9 nitrogen and oxygen atoms in total. The lowest BCUT2D eigenvalue weighted by atomic mass is 10.1. The Hall–Kier alpha value is -3.95. The summed E-state index contributed by atoms with van der Waals surface area (Å²) >= 11 is 11.9. The number of ether oxygens (including phenoxy) is 1. The summed E-state index contributed by atoms with van der Waals surface area (Å²) in [6.45, 7) is 2.98. The maximum Gasteiger partial charge on any atom is 0.272 e. The number of nitrogens with zero attached hydrogens (tertiary/aromatic N) is 2. The Bertz CT molecular complexity index is 1330. The molecule has 0 saturated heterocycles. The Morgan fingerprint density at radius 2 is 1.83 bits per heavy atom. The van der Waals surface area contributed by atoms with Gasteiger partial charge < -0.3 is 10.1 Å². The van der Waals surface area contributed by atoms with E-state index in [4.69, 9.17) is 27.9 Å². The van der Waals surface area contributed by atoms with Crippen molar-refractivity contribution in [3.8, 4) is 5.75 Å². The third-order valence-corrected chi connectivity index (χ3v) is 5.33. The van der Waals surface area contributed by atoms with E-state index in [2.05, 4.69) is 15.8 Å². The van der Waals surface area contributed by atoms with Gasteiger partial charge in [-0.25, -0.2) is 5.43 Å². The standard InChI is InChI=1S/C24H20Cl2N4O5/c1-14-10-17(6-8-21(14)30(33)34)24(32)29-28-15(2)16-4-3-5-19(11-16)27-23(31)13-35-22-9-7-18(25)12-20(22)26/h3-12H,13H2,1-2H3,(H,27,31)(H,29,32). The number of halogens is 2. The predicted octanol–water partition coefficient (Wildman–Crippen LogP) is 5.38. The van der Waals surface area contributed by atoms with E-state index in [1.165, 1.54) is 24.3 Å². The number of nitrogens with one attached hydrogen (secondary N) is 2. The number of carbonyl (C=O) groups is 2. The van der Waals surface area contributed by atoms with Gasteiger partial charge in [0.2, 0.25) is 0 Å². The monoisotopic (exact) mass is 514 g/mol. The first-order valence-electron chi connectivity index (χ1n) is 10.2. The Morgan fingerprint density at radius 3 is 2.51 bits per heavy atom. The summed E-state index contributed by atoms with van der Waals surface area (Å²) in [5, 5.41) is 18.5. The van der Waals surface area contributed by atoms with Crippen molar-refractivity contribution in [1.82, 2.24) is 5.43 Å². The molecule has 0 aliphatic rings. The number of rotatable bonds is 8. The molecule has 0 bridgehead atoms. The van der Waals surface area contributed by atoms with Crippen LogP contribution in [0.15, 0.2) is 65.8 Å². The summed E-state index contributed by atoms with van der Waals surface area (Å²) in [6, 6.07) is 15.6. The fraction of sp³-hybridized carbons (Fsp3) is 0.125. The number of anilines is 1. The van der Waals surface area contributed by atoms with Crippen LogP contribution in [0.1, 0.15) is 28.4 Å². The second kappa shape index (κ2) is 11.5. The third kappa shape index (κ3) is 7.02. The molecule has 0 heterocycles. The second-order valence-corrected chi connectivity index (χ2v) is 8.23. The number of benzene rings is 3. The lowest BCUT2D eigenvalue weighted by Crippen LogP contribution is -2.21. The normalized spacial score (nSPS) is 11.0. The molecule has 0 aromatic heterocycles. The number of nitro benzene ring substituents is 1. The quantitative estimate of drug-likeness (QED) is 0.237. The van der Waals surface area contributed by atoms with Gasteiger partial charge in [0.15, 0.2) is 6.61 Å². The molecule has 0 aliphatic carbocycles. The Labute approximate surface area is 210 Å². The fourth-order valence-corrected chi connectivity index (χ4v) is 3.48. The maximum atomic E-state index is 12.4. The highest BCUT2D eigenvalue weighted by atomic mass is 35.5. The molecule has 180 valence electrons. The Kier molecular flexibility index (Phi) is 8.40. The zero-order chi connectivity index (χ0) is 25.5. The molecule has 0 radical (unpaired) electrons. The van der Waals surface area contributed by atoms with E-state index in [1.54, 1.807) is 50.2 Å². The molecule has 3 aromatic rings. The smallest absolute Gasteiger partial charge is 0.272 e. The van der Waals surface area contributed by atoms with Crippen LogP contribution in [0.5, 0.6) is 5.75 Å². The molecule has 0 saturated carbocycles. The van der Waals surface area contributed by atoms with Crippen LogP contribution >= 0.6 is 23.2 Å². The molecule has 0 fully saturated rings. The summed E-state index contributed by atoms with van der Waals surface area (Å²) in [4.78, 5) is 35.1. The number of amides is 2. The minimum absolute atomic E-state index is 0.0678. The molecule has 0 atom stereocenters. The van der Waals surface area contributed by atoms with Gasteiger partial charge in [-0.3, -0.25) is 19.7 Å². The van der Waals surface area contributed by atoms with E-state index in [-0.39, 0.29) is 17.9 Å². The molecule has 3 rings (SSSR count). The molecule has 11 heteroatoms. The third-order valence-electron chi connectivity index (χ3n) is 4.80. The Balaban J connectivity index is 1.61. The van der Waals surface area contributed by atoms with Crippen molar-refractivity contribution in [2.75, 3.05) is 11.9 Å². The van der Waals surface area contributed by atoms with Gasteiger partial charge in [0, 0.05) is 27.9 Å². The molecule has 3 aromatic carbocycles. The van der Waals surface area contributed by atoms with Crippen molar-refractivity contribution in [2.24, 2.45) is 5.10 Å². The minimum Gasteiger partial charge on any atom is -0.482 e. The molecule has 2 N–H and O–H groups in total. The van der Waals surface area contributed by atoms with Crippen LogP contribution < -0.4 is 15.5 Å². The minimum atomic E-state index is -0.510. The SMILES string of the molecule is CC(=NNC(=O)c1ccc([N+](=O)[O-])c(C)c1)c1cccc(NC(=O)COc2ccc(Cl)cc2Cl)c1. The highest BCUT2D eigenvalue weighted by Crippen LogP contribution is 2.27. The number of hydrogen-bond acceptors (Lipinski definition) is 6. The number of hydrazone groups is 1. The van der Waals surface area contributed by atoms with Crippen LogP contribution in [-0.4, -0.2) is 29.1 Å². The number of hydrogen-bond donors (Lipinski definition) is 2. The van der Waals surface area contributed by atoms with Crippen LogP contribution in [0.3, 0.4) is 0 Å². The summed E-state index contributed by atoms with van der Waals surface area (Å²) in [7, 11) is 0. The van der Waals surface area contributed by atoms with Gasteiger partial charge in [-0.1, -0.05) is 35.3 Å². The van der Waals surface area contributed by atoms with E-state index in [9.17, 15) is 19.7 Å². The average molecular weight is 515 g/mol. The van der Waals surface area contributed by atoms with E-state index in [0.717, 1.165) is 0 Å². The van der Waals surface area contributed by atoms with Gasteiger partial charge in [-0.15, -0.1) is 0 Å². The molecule has 0 spiro atoms. The van der Waals surface area contributed by atoms with E-state index in [0.29, 0.717) is 38.3 Å². The lowest BCUT2D eigenvalue weighted by Gasteiger charge is -2.10. The first kappa shape index (κ1) is 25.7. The number of carbonyl (C=O) groups excluding carboxylic acids is 2. The van der Waals surface area contributed by atoms with Gasteiger partial charge >= 0.3 is 0 Å². The van der Waals surface area contributed by atoms with Gasteiger partial charge in [0.1, 0.15) is 5.75 Å². The Morgan fingerprint density at radius 1 is 1.06 bits per heavy atom. The summed E-state index contributed by atoms with van der Waals surface area (Å²) in [5.74, 6) is -0.573.